The molecule has 0 heterocycles. The number of carbonyl (C=O) groups is 1. The molecule has 1 aliphatic carbocycles. The summed E-state index contributed by atoms with van der Waals surface area (Å²) in [5.41, 5.74) is 1.78. The fourth-order valence-corrected chi connectivity index (χ4v) is 2.28. The molecule has 1 atom stereocenters. The van der Waals surface area contributed by atoms with Gasteiger partial charge in [0.15, 0.2) is 5.78 Å². The van der Waals surface area contributed by atoms with Gasteiger partial charge in [0.05, 0.1) is 6.26 Å². The Balaban J connectivity index is 2.08. The van der Waals surface area contributed by atoms with E-state index in [1.165, 1.54) is 5.56 Å². The fourth-order valence-electron chi connectivity index (χ4n) is 2.28. The second-order valence-electron chi connectivity index (χ2n) is 4.30. The number of aliphatic hydroxyl groups is 1. The first kappa shape index (κ1) is 10.9. The molecule has 1 aliphatic rings. The molecule has 84 valence electrons. The zero-order valence-corrected chi connectivity index (χ0v) is 9.23. The van der Waals surface area contributed by atoms with Gasteiger partial charge in [0, 0.05) is 11.5 Å². The van der Waals surface area contributed by atoms with Gasteiger partial charge in [-0.3, -0.25) is 4.79 Å². The number of hydrogen-bond acceptors (Lipinski definition) is 2. The summed E-state index contributed by atoms with van der Waals surface area (Å²) in [6.45, 7) is 0. The van der Waals surface area contributed by atoms with Gasteiger partial charge in [-0.15, -0.1) is 0 Å². The van der Waals surface area contributed by atoms with Crippen LogP contribution in [0.25, 0.3) is 0 Å². The average Bonchev–Trinajstić information content (AvgIpc) is 2.33. The first-order valence-electron chi connectivity index (χ1n) is 5.72. The van der Waals surface area contributed by atoms with Crippen molar-refractivity contribution in [3.05, 3.63) is 47.7 Å². The molecule has 1 unspecified atom stereocenters. The van der Waals surface area contributed by atoms with Crippen molar-refractivity contribution in [1.82, 2.24) is 0 Å². The highest BCUT2D eigenvalue weighted by atomic mass is 16.2. The molecule has 2 rings (SSSR count). The van der Waals surface area contributed by atoms with E-state index in [0.29, 0.717) is 5.57 Å². The van der Waals surface area contributed by atoms with Gasteiger partial charge < -0.3 is 5.11 Å². The van der Waals surface area contributed by atoms with Crippen molar-refractivity contribution < 1.29 is 9.90 Å². The molecule has 0 aliphatic heterocycles. The van der Waals surface area contributed by atoms with E-state index in [4.69, 9.17) is 5.11 Å². The highest BCUT2D eigenvalue weighted by Crippen LogP contribution is 2.27. The molecule has 0 amide bonds. The van der Waals surface area contributed by atoms with E-state index in [2.05, 4.69) is 0 Å². The molecular weight excluding hydrogens is 200 g/mol. The first-order chi connectivity index (χ1) is 7.81. The third-order valence-electron chi connectivity index (χ3n) is 3.17. The number of carbonyl (C=O) groups excluding carboxylic acids is 1. The largest absolute Gasteiger partial charge is 0.515 e. The maximum atomic E-state index is 11.9. The molecule has 0 spiro atoms. The first-order valence-corrected chi connectivity index (χ1v) is 5.72. The van der Waals surface area contributed by atoms with Crippen LogP contribution in [0.5, 0.6) is 0 Å². The Morgan fingerprint density at radius 1 is 1.31 bits per heavy atom. The van der Waals surface area contributed by atoms with Gasteiger partial charge in [-0.05, 0) is 31.2 Å². The van der Waals surface area contributed by atoms with Crippen LogP contribution in [0.4, 0.5) is 0 Å². The minimum absolute atomic E-state index is 0.0505. The van der Waals surface area contributed by atoms with Crippen LogP contribution in [-0.2, 0) is 11.2 Å². The molecule has 1 N–H and O–H groups in total. The van der Waals surface area contributed by atoms with Gasteiger partial charge >= 0.3 is 0 Å². The normalized spacial score (nSPS) is 23.6. The second kappa shape index (κ2) is 4.97. The molecule has 1 aromatic rings. The summed E-state index contributed by atoms with van der Waals surface area (Å²) in [7, 11) is 0. The van der Waals surface area contributed by atoms with E-state index >= 15 is 0 Å². The van der Waals surface area contributed by atoms with Crippen LogP contribution in [0, 0.1) is 5.92 Å². The molecule has 2 nitrogen and oxygen atoms in total. The molecule has 0 radical (unpaired) electrons. The Labute approximate surface area is 95.6 Å². The number of aliphatic hydroxyl groups excluding tert-OH is 1. The summed E-state index contributed by atoms with van der Waals surface area (Å²) in [6, 6.07) is 10.1. The maximum Gasteiger partial charge on any atom is 0.165 e. The van der Waals surface area contributed by atoms with Crippen molar-refractivity contribution in [2.45, 2.75) is 25.7 Å². The molecule has 1 fully saturated rings. The minimum atomic E-state index is 0.0505. The average molecular weight is 216 g/mol. The Kier molecular flexibility index (Phi) is 3.40. The predicted molar refractivity (Wildman–Crippen MR) is 63.2 cm³/mol. The topological polar surface area (TPSA) is 37.3 Å². The Morgan fingerprint density at radius 2 is 2.06 bits per heavy atom. The fraction of sp³-hybridized carbons (Fsp3) is 0.357. The smallest absolute Gasteiger partial charge is 0.165 e. The van der Waals surface area contributed by atoms with Crippen molar-refractivity contribution in [1.29, 1.82) is 0 Å². The van der Waals surface area contributed by atoms with E-state index in [1.807, 2.05) is 30.3 Å². The zero-order chi connectivity index (χ0) is 11.4. The number of hydrogen-bond donors (Lipinski definition) is 1. The van der Waals surface area contributed by atoms with Crippen molar-refractivity contribution in [2.75, 3.05) is 0 Å². The number of ketones is 1. The van der Waals surface area contributed by atoms with E-state index in [1.54, 1.807) is 0 Å². The van der Waals surface area contributed by atoms with Gasteiger partial charge in [0.2, 0.25) is 0 Å². The molecule has 16 heavy (non-hydrogen) atoms. The molecule has 0 bridgehead atoms. The van der Waals surface area contributed by atoms with Crippen LogP contribution in [0.1, 0.15) is 24.8 Å². The van der Waals surface area contributed by atoms with Gasteiger partial charge in [-0.2, -0.15) is 0 Å². The van der Waals surface area contributed by atoms with Crippen molar-refractivity contribution in [3.63, 3.8) is 0 Å². The molecule has 0 aromatic heterocycles. The lowest BCUT2D eigenvalue weighted by Crippen LogP contribution is -2.23. The van der Waals surface area contributed by atoms with Gasteiger partial charge in [-0.1, -0.05) is 30.3 Å². The van der Waals surface area contributed by atoms with Crippen molar-refractivity contribution in [3.8, 4) is 0 Å². The molecule has 1 saturated carbocycles. The third-order valence-corrected chi connectivity index (χ3v) is 3.17. The lowest BCUT2D eigenvalue weighted by Gasteiger charge is -2.22. The van der Waals surface area contributed by atoms with Crippen molar-refractivity contribution in [2.24, 2.45) is 5.92 Å². The highest BCUT2D eigenvalue weighted by Gasteiger charge is 2.26. The number of benzene rings is 1. The van der Waals surface area contributed by atoms with E-state index in [0.717, 1.165) is 31.9 Å². The summed E-state index contributed by atoms with van der Waals surface area (Å²) >= 11 is 0. The van der Waals surface area contributed by atoms with Gasteiger partial charge in [-0.25, -0.2) is 0 Å². The highest BCUT2D eigenvalue weighted by molar-refractivity contribution is 5.97. The lowest BCUT2D eigenvalue weighted by molar-refractivity contribution is -0.120. The number of Topliss-reactive ketones (excluding diaryl/α,β-unsaturated/α-hetero) is 1. The summed E-state index contributed by atoms with van der Waals surface area (Å²) in [5, 5.41) is 8.96. The van der Waals surface area contributed by atoms with Gasteiger partial charge in [0.1, 0.15) is 0 Å². The second-order valence-corrected chi connectivity index (χ2v) is 4.30. The Bertz CT molecular complexity index is 392. The van der Waals surface area contributed by atoms with Crippen LogP contribution in [0.2, 0.25) is 0 Å². The SMILES string of the molecule is O=C1C(=CO)CCCC1Cc1ccccc1. The summed E-state index contributed by atoms with van der Waals surface area (Å²) < 4.78 is 0. The van der Waals surface area contributed by atoms with Gasteiger partial charge in [0.25, 0.3) is 0 Å². The third kappa shape index (κ3) is 2.32. The van der Waals surface area contributed by atoms with Crippen LogP contribution in [0.3, 0.4) is 0 Å². The Morgan fingerprint density at radius 3 is 2.75 bits per heavy atom. The molecule has 0 saturated heterocycles. The lowest BCUT2D eigenvalue weighted by atomic mass is 9.81. The minimum Gasteiger partial charge on any atom is -0.515 e. The van der Waals surface area contributed by atoms with Crippen LogP contribution in [-0.4, -0.2) is 10.9 Å². The monoisotopic (exact) mass is 216 g/mol. The molecular formula is C14H16O2. The van der Waals surface area contributed by atoms with Crippen LogP contribution < -0.4 is 0 Å². The summed E-state index contributed by atoms with van der Waals surface area (Å²) in [6.07, 6.45) is 4.43. The zero-order valence-electron chi connectivity index (χ0n) is 9.23. The van der Waals surface area contributed by atoms with Crippen LogP contribution >= 0.6 is 0 Å². The Hall–Kier alpha value is -1.57. The maximum absolute atomic E-state index is 11.9. The quantitative estimate of drug-likeness (QED) is 0.609. The summed E-state index contributed by atoms with van der Waals surface area (Å²) in [4.78, 5) is 11.9. The van der Waals surface area contributed by atoms with E-state index < -0.39 is 0 Å². The number of rotatable bonds is 2. The standard InChI is InChI=1S/C14H16O2/c15-10-13-8-4-7-12(14(13)16)9-11-5-2-1-3-6-11/h1-3,5-6,10,12,15H,4,7-9H2. The summed E-state index contributed by atoms with van der Waals surface area (Å²) in [5.74, 6) is 0.173. The van der Waals surface area contributed by atoms with E-state index in [-0.39, 0.29) is 11.7 Å². The van der Waals surface area contributed by atoms with E-state index in [9.17, 15) is 4.79 Å². The number of allylic oxidation sites excluding steroid dienone is 1. The predicted octanol–water partition coefficient (Wildman–Crippen LogP) is 3.04. The van der Waals surface area contributed by atoms with Crippen LogP contribution in [0.15, 0.2) is 42.2 Å². The molecule has 1 aromatic carbocycles. The molecule has 2 heteroatoms. The van der Waals surface area contributed by atoms with Crippen molar-refractivity contribution >= 4 is 5.78 Å².